The Morgan fingerprint density at radius 2 is 2.00 bits per heavy atom. The zero-order valence-electron chi connectivity index (χ0n) is 10.5. The number of nitrogens with one attached hydrogen (secondary N) is 2. The first-order chi connectivity index (χ1) is 9.38. The van der Waals surface area contributed by atoms with Crippen LogP contribution in [-0.2, 0) is 16.6 Å². The van der Waals surface area contributed by atoms with Gasteiger partial charge in [-0.1, -0.05) is 12.1 Å². The number of aryl methyl sites for hydroxylation is 1. The summed E-state index contributed by atoms with van der Waals surface area (Å²) in [6.45, 7) is 1.69. The highest BCUT2D eigenvalue weighted by Crippen LogP contribution is 2.12. The van der Waals surface area contributed by atoms with E-state index in [1.54, 1.807) is 6.92 Å². The molecule has 0 radical (unpaired) electrons. The lowest BCUT2D eigenvalue weighted by Crippen LogP contribution is -2.23. The number of aromatic nitrogens is 2. The minimum Gasteiger partial charge on any atom is -0.332 e. The van der Waals surface area contributed by atoms with Gasteiger partial charge in [-0.05, 0) is 12.5 Å². The maximum atomic E-state index is 11.9. The fourth-order valence-electron chi connectivity index (χ4n) is 1.53. The van der Waals surface area contributed by atoms with Crippen LogP contribution in [0.25, 0.3) is 0 Å². The standard InChI is InChI=1S/C11H12N4O4S/c1-8-12-7-11(14-8)20(18,19)13-6-9-2-4-10(5-3-9)15(16)17/h2-5,7,13H,6H2,1H3,(H,12,14). The molecule has 2 aromatic rings. The molecule has 0 unspecified atom stereocenters. The third-order valence-electron chi connectivity index (χ3n) is 2.58. The van der Waals surface area contributed by atoms with Gasteiger partial charge in [-0.3, -0.25) is 10.1 Å². The van der Waals surface area contributed by atoms with Crippen molar-refractivity contribution in [2.24, 2.45) is 0 Å². The molecule has 0 atom stereocenters. The zero-order chi connectivity index (χ0) is 14.8. The SMILES string of the molecule is Cc1ncc(S(=O)(=O)NCc2ccc([N+](=O)[O-])cc2)[nH]1. The number of benzene rings is 1. The number of non-ortho nitro benzene ring substituents is 1. The number of imidazole rings is 1. The van der Waals surface area contributed by atoms with Crippen LogP contribution in [0.5, 0.6) is 0 Å². The Hall–Kier alpha value is -2.26. The van der Waals surface area contributed by atoms with Crippen molar-refractivity contribution < 1.29 is 13.3 Å². The van der Waals surface area contributed by atoms with Crippen molar-refractivity contribution in [2.45, 2.75) is 18.5 Å². The quantitative estimate of drug-likeness (QED) is 0.632. The number of nitro groups is 1. The molecule has 1 heterocycles. The van der Waals surface area contributed by atoms with Crippen LogP contribution in [0.15, 0.2) is 35.5 Å². The largest absolute Gasteiger partial charge is 0.332 e. The molecule has 8 nitrogen and oxygen atoms in total. The first kappa shape index (κ1) is 14.2. The van der Waals surface area contributed by atoms with Crippen molar-refractivity contribution in [2.75, 3.05) is 0 Å². The lowest BCUT2D eigenvalue weighted by atomic mass is 10.2. The van der Waals surface area contributed by atoms with Crippen molar-refractivity contribution in [3.05, 3.63) is 52.0 Å². The van der Waals surface area contributed by atoms with Gasteiger partial charge in [0.05, 0.1) is 11.1 Å². The lowest BCUT2D eigenvalue weighted by Gasteiger charge is -2.04. The summed E-state index contributed by atoms with van der Waals surface area (Å²) in [5.41, 5.74) is 0.580. The smallest absolute Gasteiger partial charge is 0.269 e. The van der Waals surface area contributed by atoms with Gasteiger partial charge in [-0.25, -0.2) is 18.1 Å². The molecular weight excluding hydrogens is 284 g/mol. The van der Waals surface area contributed by atoms with Crippen molar-refractivity contribution in [1.82, 2.24) is 14.7 Å². The molecule has 0 aliphatic heterocycles. The van der Waals surface area contributed by atoms with Crippen LogP contribution in [0.1, 0.15) is 11.4 Å². The molecule has 1 aromatic carbocycles. The Kier molecular flexibility index (Phi) is 3.81. The second-order valence-electron chi connectivity index (χ2n) is 4.08. The van der Waals surface area contributed by atoms with E-state index in [0.717, 1.165) is 0 Å². The molecule has 0 spiro atoms. The average Bonchev–Trinajstić information content (AvgIpc) is 2.84. The highest BCUT2D eigenvalue weighted by molar-refractivity contribution is 7.89. The summed E-state index contributed by atoms with van der Waals surface area (Å²) in [5, 5.41) is 10.5. The summed E-state index contributed by atoms with van der Waals surface area (Å²) in [5.74, 6) is 0.501. The van der Waals surface area contributed by atoms with Gasteiger partial charge in [-0.15, -0.1) is 0 Å². The first-order valence-corrected chi connectivity index (χ1v) is 7.11. The highest BCUT2D eigenvalue weighted by Gasteiger charge is 2.16. The molecule has 0 saturated carbocycles. The molecule has 0 saturated heterocycles. The summed E-state index contributed by atoms with van der Waals surface area (Å²) < 4.78 is 26.2. The Labute approximate surface area is 115 Å². The van der Waals surface area contributed by atoms with Crippen LogP contribution < -0.4 is 4.72 Å². The number of hydrogen-bond donors (Lipinski definition) is 2. The number of nitro benzene ring substituents is 1. The minimum absolute atomic E-state index is 0.0167. The Balaban J connectivity index is 2.06. The van der Waals surface area contributed by atoms with E-state index in [9.17, 15) is 18.5 Å². The maximum absolute atomic E-state index is 11.9. The van der Waals surface area contributed by atoms with Crippen molar-refractivity contribution in [3.63, 3.8) is 0 Å². The number of nitrogens with zero attached hydrogens (tertiary/aromatic N) is 2. The third-order valence-corrected chi connectivity index (χ3v) is 3.89. The number of sulfonamides is 1. The van der Waals surface area contributed by atoms with Crippen LogP contribution >= 0.6 is 0 Å². The van der Waals surface area contributed by atoms with Gasteiger partial charge in [0.25, 0.3) is 15.7 Å². The third kappa shape index (κ3) is 3.19. The minimum atomic E-state index is -3.67. The summed E-state index contributed by atoms with van der Waals surface area (Å²) in [6, 6.07) is 5.64. The van der Waals surface area contributed by atoms with Crippen molar-refractivity contribution >= 4 is 15.7 Å². The fraction of sp³-hybridized carbons (Fsp3) is 0.182. The van der Waals surface area contributed by atoms with Crippen LogP contribution in [0.3, 0.4) is 0 Å². The number of aromatic amines is 1. The van der Waals surface area contributed by atoms with Gasteiger partial charge in [0, 0.05) is 18.7 Å². The predicted octanol–water partition coefficient (Wildman–Crippen LogP) is 1.10. The zero-order valence-corrected chi connectivity index (χ0v) is 11.3. The summed E-state index contributed by atoms with van der Waals surface area (Å²) in [7, 11) is -3.67. The summed E-state index contributed by atoms with van der Waals surface area (Å²) in [6.07, 6.45) is 1.23. The molecule has 0 aliphatic rings. The van der Waals surface area contributed by atoms with E-state index in [-0.39, 0.29) is 17.3 Å². The van der Waals surface area contributed by atoms with Gasteiger partial charge in [0.2, 0.25) is 0 Å². The van der Waals surface area contributed by atoms with Crippen molar-refractivity contribution in [3.8, 4) is 0 Å². The second kappa shape index (κ2) is 5.39. The normalized spacial score (nSPS) is 11.4. The van der Waals surface area contributed by atoms with E-state index in [1.807, 2.05) is 0 Å². The molecule has 2 N–H and O–H groups in total. The van der Waals surface area contributed by atoms with Gasteiger partial charge < -0.3 is 4.98 Å². The molecule has 1 aromatic heterocycles. The maximum Gasteiger partial charge on any atom is 0.269 e. The van der Waals surface area contributed by atoms with Crippen LogP contribution in [0.2, 0.25) is 0 Å². The van der Waals surface area contributed by atoms with E-state index >= 15 is 0 Å². The monoisotopic (exact) mass is 296 g/mol. The molecule has 0 aliphatic carbocycles. The van der Waals surface area contributed by atoms with E-state index < -0.39 is 14.9 Å². The van der Waals surface area contributed by atoms with E-state index in [4.69, 9.17) is 0 Å². The summed E-state index contributed by atoms with van der Waals surface area (Å²) >= 11 is 0. The van der Waals surface area contributed by atoms with E-state index in [0.29, 0.717) is 11.4 Å². The molecule has 2 rings (SSSR count). The molecular formula is C11H12N4O4S. The Morgan fingerprint density at radius 1 is 1.35 bits per heavy atom. The van der Waals surface area contributed by atoms with Gasteiger partial charge in [0.15, 0.2) is 5.03 Å². The molecule has 20 heavy (non-hydrogen) atoms. The van der Waals surface area contributed by atoms with Gasteiger partial charge in [0.1, 0.15) is 5.82 Å². The second-order valence-corrected chi connectivity index (χ2v) is 5.82. The van der Waals surface area contributed by atoms with Crippen LogP contribution in [-0.4, -0.2) is 23.3 Å². The van der Waals surface area contributed by atoms with E-state index in [1.165, 1.54) is 30.5 Å². The Bertz CT molecular complexity index is 721. The van der Waals surface area contributed by atoms with Crippen LogP contribution in [0.4, 0.5) is 5.69 Å². The molecule has 0 fully saturated rings. The summed E-state index contributed by atoms with van der Waals surface area (Å²) in [4.78, 5) is 16.4. The average molecular weight is 296 g/mol. The number of rotatable bonds is 5. The Morgan fingerprint density at radius 3 is 2.50 bits per heavy atom. The van der Waals surface area contributed by atoms with Gasteiger partial charge in [-0.2, -0.15) is 0 Å². The van der Waals surface area contributed by atoms with E-state index in [2.05, 4.69) is 14.7 Å². The lowest BCUT2D eigenvalue weighted by molar-refractivity contribution is -0.384. The topological polar surface area (TPSA) is 118 Å². The predicted molar refractivity (Wildman–Crippen MR) is 70.4 cm³/mol. The molecule has 0 amide bonds. The molecule has 9 heteroatoms. The number of H-pyrrole nitrogens is 1. The van der Waals surface area contributed by atoms with Crippen molar-refractivity contribution in [1.29, 1.82) is 0 Å². The molecule has 0 bridgehead atoms. The highest BCUT2D eigenvalue weighted by atomic mass is 32.2. The first-order valence-electron chi connectivity index (χ1n) is 5.63. The van der Waals surface area contributed by atoms with Gasteiger partial charge >= 0.3 is 0 Å². The number of hydrogen-bond acceptors (Lipinski definition) is 5. The molecule has 106 valence electrons. The fourth-order valence-corrected chi connectivity index (χ4v) is 2.51. The van der Waals surface area contributed by atoms with Crippen LogP contribution in [0, 0.1) is 17.0 Å².